The Morgan fingerprint density at radius 2 is 2.00 bits per heavy atom. The average molecular weight is 365 g/mol. The normalized spacial score (nSPS) is 10.1. The molecular weight excluding hydrogens is 350 g/mol. The zero-order valence-corrected chi connectivity index (χ0v) is 12.8. The fraction of sp³-hybridized carbons (Fsp3) is 0.417. The number of benzene rings is 1. The monoisotopic (exact) mass is 363 g/mol. The van der Waals surface area contributed by atoms with Crippen molar-refractivity contribution >= 4 is 37.8 Å². The van der Waals surface area contributed by atoms with Gasteiger partial charge in [0.15, 0.2) is 0 Å². The van der Waals surface area contributed by atoms with Crippen LogP contribution in [-0.4, -0.2) is 36.3 Å². The predicted octanol–water partition coefficient (Wildman–Crippen LogP) is 3.07. The summed E-state index contributed by atoms with van der Waals surface area (Å²) in [6.45, 7) is 1.11. The van der Waals surface area contributed by atoms with Crippen LogP contribution in [0.2, 0.25) is 0 Å². The molecule has 17 heavy (non-hydrogen) atoms. The van der Waals surface area contributed by atoms with Crippen LogP contribution in [0.4, 0.5) is 0 Å². The molecule has 1 aromatic carbocycles. The molecule has 1 rings (SSSR count). The minimum Gasteiger partial charge on any atom is -0.492 e. The van der Waals surface area contributed by atoms with Gasteiger partial charge in [-0.2, -0.15) is 0 Å². The second-order valence-electron chi connectivity index (χ2n) is 3.56. The van der Waals surface area contributed by atoms with Crippen LogP contribution in [-0.2, 0) is 4.79 Å². The lowest BCUT2D eigenvalue weighted by Crippen LogP contribution is -2.30. The maximum atomic E-state index is 11.5. The van der Waals surface area contributed by atoms with Crippen LogP contribution in [0.15, 0.2) is 28.7 Å². The van der Waals surface area contributed by atoms with Crippen molar-refractivity contribution in [3.8, 4) is 5.75 Å². The van der Waals surface area contributed by atoms with Crippen molar-refractivity contribution in [2.24, 2.45) is 0 Å². The zero-order chi connectivity index (χ0) is 12.7. The number of hydrogen-bond donors (Lipinski definition) is 0. The Morgan fingerprint density at radius 3 is 2.59 bits per heavy atom. The summed E-state index contributed by atoms with van der Waals surface area (Å²) in [6.07, 6.45) is 0.523. The van der Waals surface area contributed by atoms with Gasteiger partial charge in [0.1, 0.15) is 12.4 Å². The van der Waals surface area contributed by atoms with Crippen LogP contribution in [0, 0.1) is 0 Å². The highest BCUT2D eigenvalue weighted by Gasteiger charge is 2.07. The molecule has 3 nitrogen and oxygen atoms in total. The van der Waals surface area contributed by atoms with E-state index in [1.165, 1.54) is 0 Å². The van der Waals surface area contributed by atoms with E-state index >= 15 is 0 Å². The van der Waals surface area contributed by atoms with Gasteiger partial charge < -0.3 is 9.64 Å². The Labute approximate surface area is 118 Å². The first kappa shape index (κ1) is 14.5. The Hall–Kier alpha value is -0.550. The molecule has 0 atom stereocenters. The molecule has 0 unspecified atom stereocenters. The van der Waals surface area contributed by atoms with E-state index in [0.29, 0.717) is 24.9 Å². The highest BCUT2D eigenvalue weighted by Crippen LogP contribution is 2.15. The van der Waals surface area contributed by atoms with Crippen molar-refractivity contribution in [1.82, 2.24) is 4.90 Å². The summed E-state index contributed by atoms with van der Waals surface area (Å²) in [4.78, 5) is 13.1. The number of alkyl halides is 1. The van der Waals surface area contributed by atoms with Gasteiger partial charge in [0.05, 0.1) is 6.54 Å². The molecule has 0 aromatic heterocycles. The van der Waals surface area contributed by atoms with E-state index in [9.17, 15) is 4.79 Å². The lowest BCUT2D eigenvalue weighted by atomic mass is 10.3. The molecule has 0 heterocycles. The first-order chi connectivity index (χ1) is 8.13. The predicted molar refractivity (Wildman–Crippen MR) is 75.7 cm³/mol. The van der Waals surface area contributed by atoms with Gasteiger partial charge in [-0.1, -0.05) is 31.9 Å². The lowest BCUT2D eigenvalue weighted by molar-refractivity contribution is -0.129. The number of halogens is 2. The number of ether oxygens (including phenoxy) is 1. The number of carbonyl (C=O) groups is 1. The van der Waals surface area contributed by atoms with Gasteiger partial charge in [-0.25, -0.2) is 0 Å². The van der Waals surface area contributed by atoms with Crippen LogP contribution in [0.3, 0.4) is 0 Å². The van der Waals surface area contributed by atoms with Gasteiger partial charge in [-0.15, -0.1) is 0 Å². The first-order valence-corrected chi connectivity index (χ1v) is 7.23. The Bertz CT molecular complexity index is 354. The summed E-state index contributed by atoms with van der Waals surface area (Å²) >= 11 is 6.61. The zero-order valence-electron chi connectivity index (χ0n) is 9.66. The minimum absolute atomic E-state index is 0.126. The Balaban J connectivity index is 2.27. The van der Waals surface area contributed by atoms with E-state index in [2.05, 4.69) is 31.9 Å². The van der Waals surface area contributed by atoms with Gasteiger partial charge in [0.2, 0.25) is 5.91 Å². The molecule has 1 amide bonds. The number of carbonyl (C=O) groups excluding carboxylic acids is 1. The molecule has 0 aliphatic rings. The van der Waals surface area contributed by atoms with Gasteiger partial charge >= 0.3 is 0 Å². The van der Waals surface area contributed by atoms with E-state index in [4.69, 9.17) is 4.74 Å². The van der Waals surface area contributed by atoms with E-state index in [0.717, 1.165) is 10.2 Å². The van der Waals surface area contributed by atoms with Crippen LogP contribution in [0.1, 0.15) is 6.42 Å². The summed E-state index contributed by atoms with van der Waals surface area (Å²) in [5.41, 5.74) is 0. The number of likely N-dealkylation sites (N-methyl/N-ethyl adjacent to an activating group) is 1. The quantitative estimate of drug-likeness (QED) is 0.726. The van der Waals surface area contributed by atoms with Gasteiger partial charge in [-0.3, -0.25) is 4.79 Å². The van der Waals surface area contributed by atoms with Crippen LogP contribution in [0.25, 0.3) is 0 Å². The summed E-state index contributed by atoms with van der Waals surface area (Å²) in [7, 11) is 1.79. The molecule has 1 aromatic rings. The number of nitrogens with zero attached hydrogens (tertiary/aromatic N) is 1. The Morgan fingerprint density at radius 1 is 1.35 bits per heavy atom. The molecule has 0 aliphatic carbocycles. The van der Waals surface area contributed by atoms with Gasteiger partial charge in [0.25, 0.3) is 0 Å². The van der Waals surface area contributed by atoms with Crippen molar-refractivity contribution in [2.75, 3.05) is 25.5 Å². The molecule has 0 bridgehead atoms. The van der Waals surface area contributed by atoms with E-state index in [1.54, 1.807) is 11.9 Å². The van der Waals surface area contributed by atoms with E-state index in [-0.39, 0.29) is 5.91 Å². The standard InChI is InChI=1S/C12H15Br2NO2/c1-15(12(16)6-7-13)8-9-17-11-4-2-10(14)3-5-11/h2-5H,6-9H2,1H3. The summed E-state index contributed by atoms with van der Waals surface area (Å²) < 4.78 is 6.56. The molecule has 0 spiro atoms. The van der Waals surface area contributed by atoms with Crippen LogP contribution in [0.5, 0.6) is 5.75 Å². The summed E-state index contributed by atoms with van der Waals surface area (Å²) in [5.74, 6) is 0.941. The summed E-state index contributed by atoms with van der Waals surface area (Å²) in [6, 6.07) is 7.64. The third-order valence-corrected chi connectivity index (χ3v) is 3.17. The Kier molecular flexibility index (Phi) is 6.58. The number of hydrogen-bond acceptors (Lipinski definition) is 2. The van der Waals surface area contributed by atoms with Crippen molar-refractivity contribution in [2.45, 2.75) is 6.42 Å². The fourth-order valence-corrected chi connectivity index (χ4v) is 1.83. The van der Waals surface area contributed by atoms with Crippen molar-refractivity contribution in [3.05, 3.63) is 28.7 Å². The third kappa shape index (κ3) is 5.55. The van der Waals surface area contributed by atoms with E-state index < -0.39 is 0 Å². The maximum absolute atomic E-state index is 11.5. The topological polar surface area (TPSA) is 29.5 Å². The van der Waals surface area contributed by atoms with Gasteiger partial charge in [-0.05, 0) is 24.3 Å². The third-order valence-electron chi connectivity index (χ3n) is 2.24. The molecule has 0 N–H and O–H groups in total. The van der Waals surface area contributed by atoms with Crippen molar-refractivity contribution in [1.29, 1.82) is 0 Å². The maximum Gasteiger partial charge on any atom is 0.223 e. The molecule has 0 saturated carbocycles. The van der Waals surface area contributed by atoms with Crippen molar-refractivity contribution in [3.63, 3.8) is 0 Å². The van der Waals surface area contributed by atoms with Crippen molar-refractivity contribution < 1.29 is 9.53 Å². The average Bonchev–Trinajstić information content (AvgIpc) is 2.32. The summed E-state index contributed by atoms with van der Waals surface area (Å²) in [5, 5.41) is 0.698. The second-order valence-corrected chi connectivity index (χ2v) is 5.27. The van der Waals surface area contributed by atoms with Gasteiger partial charge in [0, 0.05) is 23.3 Å². The molecule has 0 fully saturated rings. The SMILES string of the molecule is CN(CCOc1ccc(Br)cc1)C(=O)CCBr. The highest BCUT2D eigenvalue weighted by atomic mass is 79.9. The molecule has 5 heteroatoms. The first-order valence-electron chi connectivity index (χ1n) is 5.32. The molecular formula is C12H15Br2NO2. The highest BCUT2D eigenvalue weighted by molar-refractivity contribution is 9.10. The van der Waals surface area contributed by atoms with E-state index in [1.807, 2.05) is 24.3 Å². The number of rotatable bonds is 6. The largest absolute Gasteiger partial charge is 0.492 e. The fourth-order valence-electron chi connectivity index (χ4n) is 1.23. The minimum atomic E-state index is 0.126. The van der Waals surface area contributed by atoms with Crippen LogP contribution >= 0.6 is 31.9 Å². The molecule has 0 aliphatic heterocycles. The van der Waals surface area contributed by atoms with Crippen LogP contribution < -0.4 is 4.74 Å². The lowest BCUT2D eigenvalue weighted by Gasteiger charge is -2.16. The smallest absolute Gasteiger partial charge is 0.223 e. The molecule has 94 valence electrons. The second kappa shape index (κ2) is 7.71. The molecule has 0 saturated heterocycles. The number of amides is 1. The molecule has 0 radical (unpaired) electrons.